The summed E-state index contributed by atoms with van der Waals surface area (Å²) >= 11 is 0. The Hall–Kier alpha value is -1.11. The van der Waals surface area contributed by atoms with Gasteiger partial charge in [-0.3, -0.25) is 4.79 Å². The van der Waals surface area contributed by atoms with Crippen LogP contribution in [0.1, 0.15) is 17.5 Å². The van der Waals surface area contributed by atoms with Crippen LogP contribution in [0, 0.1) is 0 Å². The summed E-state index contributed by atoms with van der Waals surface area (Å²) in [6.07, 6.45) is 1.21. The lowest BCUT2D eigenvalue weighted by Crippen LogP contribution is -2.51. The number of rotatable bonds is 2. The molecule has 2 aliphatic rings. The molecule has 1 aromatic rings. The summed E-state index contributed by atoms with van der Waals surface area (Å²) in [7, 11) is -1.25. The molecule has 2 aliphatic heterocycles. The fourth-order valence-electron chi connectivity index (χ4n) is 3.14. The van der Waals surface area contributed by atoms with Crippen molar-refractivity contribution in [3.8, 4) is 0 Å². The van der Waals surface area contributed by atoms with Crippen molar-refractivity contribution in [3.05, 3.63) is 35.4 Å². The van der Waals surface area contributed by atoms with Crippen LogP contribution in [0.2, 0.25) is 0 Å². The first kappa shape index (κ1) is 17.2. The molecule has 0 spiro atoms. The Labute approximate surface area is 137 Å². The minimum Gasteiger partial charge on any atom is -0.340 e. The molecule has 0 aromatic heterocycles. The molecule has 5 nitrogen and oxygen atoms in total. The van der Waals surface area contributed by atoms with Gasteiger partial charge >= 0.3 is 0 Å². The lowest BCUT2D eigenvalue weighted by Gasteiger charge is -2.31. The first-order valence-corrected chi connectivity index (χ1v) is 9.06. The summed E-state index contributed by atoms with van der Waals surface area (Å²) in [5.41, 5.74) is 2.43. The molecule has 2 unspecified atom stereocenters. The molecule has 0 radical (unpaired) electrons. The molecule has 1 amide bonds. The molecule has 22 heavy (non-hydrogen) atoms. The van der Waals surface area contributed by atoms with E-state index in [1.165, 1.54) is 11.1 Å². The smallest absolute Gasteiger partial charge is 0.240 e. The highest BCUT2D eigenvalue weighted by Crippen LogP contribution is 2.21. The van der Waals surface area contributed by atoms with Crippen molar-refractivity contribution in [2.24, 2.45) is 0 Å². The van der Waals surface area contributed by atoms with Gasteiger partial charge in [0.15, 0.2) is 9.84 Å². The van der Waals surface area contributed by atoms with E-state index in [-0.39, 0.29) is 41.9 Å². The molecular weight excluding hydrogens is 324 g/mol. The maximum atomic E-state index is 12.6. The van der Waals surface area contributed by atoms with Crippen molar-refractivity contribution < 1.29 is 13.2 Å². The standard InChI is InChI=1S/C15H20N2O3S.ClH/c1-17(13-6-7-21(19,20)10-13)15(18)14-8-11-4-2-3-5-12(11)9-16-14;/h2-5,13-14,16H,6-10H2,1H3;1H. The van der Waals surface area contributed by atoms with Crippen molar-refractivity contribution >= 4 is 28.2 Å². The van der Waals surface area contributed by atoms with E-state index in [1.54, 1.807) is 11.9 Å². The quantitative estimate of drug-likeness (QED) is 0.860. The number of nitrogens with one attached hydrogen (secondary N) is 1. The van der Waals surface area contributed by atoms with E-state index in [2.05, 4.69) is 17.4 Å². The monoisotopic (exact) mass is 344 g/mol. The summed E-state index contributed by atoms with van der Waals surface area (Å²) in [6, 6.07) is 7.67. The van der Waals surface area contributed by atoms with Crippen molar-refractivity contribution in [1.29, 1.82) is 0 Å². The summed E-state index contributed by atoms with van der Waals surface area (Å²) < 4.78 is 23.1. The molecule has 0 bridgehead atoms. The van der Waals surface area contributed by atoms with Crippen molar-refractivity contribution in [2.45, 2.75) is 31.5 Å². The van der Waals surface area contributed by atoms with Gasteiger partial charge in [0.05, 0.1) is 17.5 Å². The molecule has 1 saturated heterocycles. The maximum absolute atomic E-state index is 12.6. The van der Waals surface area contributed by atoms with Crippen LogP contribution in [-0.2, 0) is 27.6 Å². The molecule has 1 fully saturated rings. The molecule has 1 N–H and O–H groups in total. The third kappa shape index (κ3) is 3.45. The molecule has 2 heterocycles. The molecule has 2 atom stereocenters. The number of hydrogen-bond acceptors (Lipinski definition) is 4. The third-order valence-electron chi connectivity index (χ3n) is 4.48. The van der Waals surface area contributed by atoms with Gasteiger partial charge in [-0.15, -0.1) is 12.4 Å². The molecule has 3 rings (SSSR count). The van der Waals surface area contributed by atoms with Gasteiger partial charge in [-0.05, 0) is 24.0 Å². The van der Waals surface area contributed by atoms with Gasteiger partial charge < -0.3 is 10.2 Å². The first-order valence-electron chi connectivity index (χ1n) is 7.23. The van der Waals surface area contributed by atoms with Gasteiger partial charge in [-0.25, -0.2) is 8.42 Å². The zero-order valence-electron chi connectivity index (χ0n) is 12.5. The Morgan fingerprint density at radius 3 is 2.59 bits per heavy atom. The number of sulfone groups is 1. The summed E-state index contributed by atoms with van der Waals surface area (Å²) in [4.78, 5) is 14.2. The fourth-order valence-corrected chi connectivity index (χ4v) is 4.91. The fraction of sp³-hybridized carbons (Fsp3) is 0.533. The SMILES string of the molecule is CN(C(=O)C1Cc2ccccc2CN1)C1CCS(=O)(=O)C1.Cl. The number of halogens is 1. The average molecular weight is 345 g/mol. The molecule has 122 valence electrons. The summed E-state index contributed by atoms with van der Waals surface area (Å²) in [5.74, 6) is 0.279. The normalized spacial score (nSPS) is 25.9. The highest BCUT2D eigenvalue weighted by atomic mass is 35.5. The number of nitrogens with zero attached hydrogens (tertiary/aromatic N) is 1. The number of amides is 1. The van der Waals surface area contributed by atoms with Gasteiger partial charge in [-0.2, -0.15) is 0 Å². The highest BCUT2D eigenvalue weighted by molar-refractivity contribution is 7.91. The molecule has 7 heteroatoms. The number of benzene rings is 1. The molecule has 1 aromatic carbocycles. The number of fused-ring (bicyclic) bond motifs is 1. The Kier molecular flexibility index (Phi) is 5.14. The van der Waals surface area contributed by atoms with E-state index in [4.69, 9.17) is 0 Å². The van der Waals surface area contributed by atoms with Crippen LogP contribution in [0.4, 0.5) is 0 Å². The van der Waals surface area contributed by atoms with Gasteiger partial charge in [-0.1, -0.05) is 24.3 Å². The Morgan fingerprint density at radius 1 is 1.27 bits per heavy atom. The van der Waals surface area contributed by atoms with Crippen molar-refractivity contribution in [3.63, 3.8) is 0 Å². The average Bonchev–Trinajstić information content (AvgIpc) is 2.85. The largest absolute Gasteiger partial charge is 0.340 e. The van der Waals surface area contributed by atoms with Crippen LogP contribution in [0.25, 0.3) is 0 Å². The molecule has 0 saturated carbocycles. The zero-order chi connectivity index (χ0) is 15.0. The van der Waals surface area contributed by atoms with E-state index in [1.807, 2.05) is 12.1 Å². The second-order valence-corrected chi connectivity index (χ2v) is 8.14. The van der Waals surface area contributed by atoms with E-state index in [0.29, 0.717) is 19.4 Å². The number of hydrogen-bond donors (Lipinski definition) is 1. The second-order valence-electron chi connectivity index (χ2n) is 5.91. The van der Waals surface area contributed by atoms with Crippen LogP contribution >= 0.6 is 12.4 Å². The summed E-state index contributed by atoms with van der Waals surface area (Å²) in [5, 5.41) is 3.26. The van der Waals surface area contributed by atoms with Crippen LogP contribution in [0.5, 0.6) is 0 Å². The van der Waals surface area contributed by atoms with Gasteiger partial charge in [0.1, 0.15) is 0 Å². The molecular formula is C15H21ClN2O3S. The second kappa shape index (κ2) is 6.56. The van der Waals surface area contributed by atoms with Crippen LogP contribution in [0.3, 0.4) is 0 Å². The van der Waals surface area contributed by atoms with Crippen LogP contribution in [0.15, 0.2) is 24.3 Å². The third-order valence-corrected chi connectivity index (χ3v) is 6.23. The minimum absolute atomic E-state index is 0. The minimum atomic E-state index is -2.97. The number of likely N-dealkylation sites (N-methyl/N-ethyl adjacent to an activating group) is 1. The predicted molar refractivity (Wildman–Crippen MR) is 87.9 cm³/mol. The number of carbonyl (C=O) groups is 1. The van der Waals surface area contributed by atoms with E-state index < -0.39 is 9.84 Å². The van der Waals surface area contributed by atoms with Crippen LogP contribution in [-0.4, -0.2) is 49.9 Å². The molecule has 0 aliphatic carbocycles. The number of carbonyl (C=O) groups excluding carboxylic acids is 1. The zero-order valence-corrected chi connectivity index (χ0v) is 14.1. The Morgan fingerprint density at radius 2 is 1.95 bits per heavy atom. The van der Waals surface area contributed by atoms with E-state index in [0.717, 1.165) is 0 Å². The predicted octanol–water partition coefficient (Wildman–Crippen LogP) is 0.768. The lowest BCUT2D eigenvalue weighted by molar-refractivity contribution is -0.134. The maximum Gasteiger partial charge on any atom is 0.240 e. The Balaban J connectivity index is 0.00000176. The van der Waals surface area contributed by atoms with Crippen molar-refractivity contribution in [2.75, 3.05) is 18.6 Å². The summed E-state index contributed by atoms with van der Waals surface area (Å²) in [6.45, 7) is 0.684. The van der Waals surface area contributed by atoms with E-state index in [9.17, 15) is 13.2 Å². The van der Waals surface area contributed by atoms with E-state index >= 15 is 0 Å². The first-order chi connectivity index (χ1) is 9.96. The van der Waals surface area contributed by atoms with Gasteiger partial charge in [0.25, 0.3) is 0 Å². The van der Waals surface area contributed by atoms with Crippen molar-refractivity contribution in [1.82, 2.24) is 10.2 Å². The van der Waals surface area contributed by atoms with Crippen LogP contribution < -0.4 is 5.32 Å². The highest BCUT2D eigenvalue weighted by Gasteiger charge is 2.35. The lowest BCUT2D eigenvalue weighted by atomic mass is 9.95. The Bertz CT molecular complexity index is 663. The van der Waals surface area contributed by atoms with Gasteiger partial charge in [0, 0.05) is 19.6 Å². The topological polar surface area (TPSA) is 66.5 Å². The van der Waals surface area contributed by atoms with Gasteiger partial charge in [0.2, 0.25) is 5.91 Å².